The highest BCUT2D eigenvalue weighted by molar-refractivity contribution is 6.12. The largest absolute Gasteiger partial charge is 0.507 e. The zero-order valence-electron chi connectivity index (χ0n) is 23.4. The molecule has 0 atom stereocenters. The molecule has 0 radical (unpaired) electrons. The lowest BCUT2D eigenvalue weighted by Gasteiger charge is -2.17. The minimum atomic E-state index is -0.162. The van der Waals surface area contributed by atoms with Crippen LogP contribution < -0.4 is 9.47 Å². The van der Waals surface area contributed by atoms with Crippen molar-refractivity contribution in [1.29, 1.82) is 0 Å². The number of fused-ring (bicyclic) bond motifs is 2. The van der Waals surface area contributed by atoms with Crippen LogP contribution in [0.15, 0.2) is 103 Å². The number of phenols is 2. The number of aldehydes is 1. The van der Waals surface area contributed by atoms with E-state index >= 15 is 0 Å². The van der Waals surface area contributed by atoms with E-state index in [9.17, 15) is 15.0 Å². The molecule has 0 fully saturated rings. The van der Waals surface area contributed by atoms with Gasteiger partial charge in [0.2, 0.25) is 0 Å². The van der Waals surface area contributed by atoms with Crippen molar-refractivity contribution in [3.05, 3.63) is 109 Å². The Morgan fingerprint density at radius 3 is 1.60 bits per heavy atom. The zero-order chi connectivity index (χ0) is 29.2. The van der Waals surface area contributed by atoms with Crippen molar-refractivity contribution < 1.29 is 24.5 Å². The van der Waals surface area contributed by atoms with Gasteiger partial charge in [0.1, 0.15) is 23.0 Å². The van der Waals surface area contributed by atoms with Crippen molar-refractivity contribution >= 4 is 27.8 Å². The van der Waals surface area contributed by atoms with Gasteiger partial charge in [0.15, 0.2) is 6.29 Å². The van der Waals surface area contributed by atoms with E-state index in [1.54, 1.807) is 12.1 Å². The summed E-state index contributed by atoms with van der Waals surface area (Å²) in [4.78, 5) is 12.1. The summed E-state index contributed by atoms with van der Waals surface area (Å²) in [5.74, 6) is 1.48. The molecule has 0 unspecified atom stereocenters. The molecule has 2 N–H and O–H groups in total. The fraction of sp³-hybridized carbons (Fsp3) is 0.108. The fourth-order valence-electron chi connectivity index (χ4n) is 5.52. The number of carbonyl (C=O) groups is 1. The van der Waals surface area contributed by atoms with Gasteiger partial charge in [0.25, 0.3) is 0 Å². The van der Waals surface area contributed by atoms with Gasteiger partial charge in [-0.15, -0.1) is 0 Å². The SMILES string of the molecule is CCOc1ccc(-c2ccc3c(-c4c(O)c(C=O)cc5cc(-c6ccc(OCC)cc6)ccc45)c(O)ccc3c2)cc1. The number of benzene rings is 6. The topological polar surface area (TPSA) is 76.0 Å². The number of phenolic OH excluding ortho intramolecular Hbond substituents is 2. The molecule has 0 heterocycles. The number of ether oxygens (including phenoxy) is 2. The molecule has 0 bridgehead atoms. The molecule has 5 heteroatoms. The van der Waals surface area contributed by atoms with E-state index < -0.39 is 0 Å². The van der Waals surface area contributed by atoms with Gasteiger partial charge in [-0.05, 0) is 106 Å². The van der Waals surface area contributed by atoms with Crippen LogP contribution in [-0.2, 0) is 0 Å². The second-order valence-electron chi connectivity index (χ2n) is 10.1. The third-order valence-corrected chi connectivity index (χ3v) is 7.51. The number of aromatic hydroxyl groups is 2. The Labute approximate surface area is 244 Å². The van der Waals surface area contributed by atoms with Crippen LogP contribution in [0.5, 0.6) is 23.0 Å². The number of hydrogen-bond acceptors (Lipinski definition) is 5. The van der Waals surface area contributed by atoms with Crippen molar-refractivity contribution in [1.82, 2.24) is 0 Å². The molecule has 0 aliphatic rings. The van der Waals surface area contributed by atoms with Crippen LogP contribution in [-0.4, -0.2) is 29.7 Å². The molecule has 0 aliphatic carbocycles. The van der Waals surface area contributed by atoms with Crippen LogP contribution in [0, 0.1) is 0 Å². The standard InChI is InChI=1S/C37H30O5/c1-3-41-30-12-5-23(6-13-30)25-9-16-32-27(19-25)11-18-34(39)35(32)36-33-17-10-26(20-28(33)21-29(22-38)37(36)40)24-7-14-31(15-8-24)42-4-2/h5-22,39-40H,3-4H2,1-2H3. The highest BCUT2D eigenvalue weighted by atomic mass is 16.5. The van der Waals surface area contributed by atoms with Crippen LogP contribution in [0.25, 0.3) is 54.9 Å². The monoisotopic (exact) mass is 554 g/mol. The molecule has 0 aromatic heterocycles. The Balaban J connectivity index is 1.50. The maximum absolute atomic E-state index is 12.1. The summed E-state index contributed by atoms with van der Waals surface area (Å²) in [5, 5.41) is 25.6. The molecule has 0 spiro atoms. The van der Waals surface area contributed by atoms with Crippen molar-refractivity contribution in [2.45, 2.75) is 13.8 Å². The molecule has 6 rings (SSSR count). The Bertz CT molecular complexity index is 1920. The van der Waals surface area contributed by atoms with E-state index in [0.717, 1.165) is 55.3 Å². The Morgan fingerprint density at radius 2 is 1.07 bits per heavy atom. The molecule has 0 saturated carbocycles. The molecule has 6 aromatic rings. The third kappa shape index (κ3) is 4.90. The fourth-order valence-corrected chi connectivity index (χ4v) is 5.52. The van der Waals surface area contributed by atoms with Crippen molar-refractivity contribution in [3.8, 4) is 56.4 Å². The van der Waals surface area contributed by atoms with Gasteiger partial charge in [-0.25, -0.2) is 0 Å². The van der Waals surface area contributed by atoms with E-state index in [2.05, 4.69) is 6.07 Å². The van der Waals surface area contributed by atoms with Gasteiger partial charge in [-0.2, -0.15) is 0 Å². The third-order valence-electron chi connectivity index (χ3n) is 7.51. The quantitative estimate of drug-likeness (QED) is 0.184. The van der Waals surface area contributed by atoms with Gasteiger partial charge in [0.05, 0.1) is 18.8 Å². The smallest absolute Gasteiger partial charge is 0.153 e. The van der Waals surface area contributed by atoms with Crippen LogP contribution >= 0.6 is 0 Å². The summed E-state index contributed by atoms with van der Waals surface area (Å²) in [6, 6.07) is 32.8. The van der Waals surface area contributed by atoms with Crippen LogP contribution in [0.1, 0.15) is 24.2 Å². The predicted molar refractivity (Wildman–Crippen MR) is 169 cm³/mol. The van der Waals surface area contributed by atoms with E-state index in [0.29, 0.717) is 30.6 Å². The van der Waals surface area contributed by atoms with Gasteiger partial charge < -0.3 is 19.7 Å². The first-order valence-electron chi connectivity index (χ1n) is 14.0. The minimum absolute atomic E-state index is 0.0200. The number of hydrogen-bond donors (Lipinski definition) is 2. The van der Waals surface area contributed by atoms with E-state index in [-0.39, 0.29) is 17.1 Å². The lowest BCUT2D eigenvalue weighted by Crippen LogP contribution is -1.93. The highest BCUT2D eigenvalue weighted by Crippen LogP contribution is 2.47. The lowest BCUT2D eigenvalue weighted by atomic mass is 9.88. The summed E-state index contributed by atoms with van der Waals surface area (Å²) in [6.07, 6.45) is 0.647. The first kappa shape index (κ1) is 26.9. The molecule has 0 saturated heterocycles. The second-order valence-corrected chi connectivity index (χ2v) is 10.1. The average Bonchev–Trinajstić information content (AvgIpc) is 3.02. The van der Waals surface area contributed by atoms with E-state index in [4.69, 9.17) is 9.47 Å². The van der Waals surface area contributed by atoms with E-state index in [1.165, 1.54) is 0 Å². The second kappa shape index (κ2) is 11.3. The van der Waals surface area contributed by atoms with Gasteiger partial charge >= 0.3 is 0 Å². The van der Waals surface area contributed by atoms with Gasteiger partial charge in [0, 0.05) is 11.1 Å². The maximum atomic E-state index is 12.1. The molecule has 0 aliphatic heterocycles. The molecule has 0 amide bonds. The molecular weight excluding hydrogens is 524 g/mol. The molecule has 208 valence electrons. The first-order chi connectivity index (χ1) is 20.5. The highest BCUT2D eigenvalue weighted by Gasteiger charge is 2.20. The molecule has 6 aromatic carbocycles. The van der Waals surface area contributed by atoms with Crippen molar-refractivity contribution in [2.24, 2.45) is 0 Å². The van der Waals surface area contributed by atoms with Crippen LogP contribution in [0.3, 0.4) is 0 Å². The summed E-state index contributed by atoms with van der Waals surface area (Å²) in [7, 11) is 0. The average molecular weight is 555 g/mol. The number of carbonyl (C=O) groups excluding carboxylic acids is 1. The number of rotatable bonds is 8. The summed E-state index contributed by atoms with van der Waals surface area (Å²) < 4.78 is 11.1. The summed E-state index contributed by atoms with van der Waals surface area (Å²) >= 11 is 0. The van der Waals surface area contributed by atoms with Crippen LogP contribution in [0.2, 0.25) is 0 Å². The zero-order valence-corrected chi connectivity index (χ0v) is 23.4. The summed E-state index contributed by atoms with van der Waals surface area (Å²) in [6.45, 7) is 5.11. The normalized spacial score (nSPS) is 11.1. The Hall–Kier alpha value is -5.29. The van der Waals surface area contributed by atoms with Crippen molar-refractivity contribution in [2.75, 3.05) is 13.2 Å². The van der Waals surface area contributed by atoms with Crippen LogP contribution in [0.4, 0.5) is 0 Å². The van der Waals surface area contributed by atoms with Gasteiger partial charge in [-0.1, -0.05) is 54.6 Å². The molecular formula is C37H30O5. The molecule has 42 heavy (non-hydrogen) atoms. The van der Waals surface area contributed by atoms with Gasteiger partial charge in [-0.3, -0.25) is 4.79 Å². The predicted octanol–water partition coefficient (Wildman–Crippen LogP) is 9.02. The maximum Gasteiger partial charge on any atom is 0.153 e. The Morgan fingerprint density at radius 1 is 0.571 bits per heavy atom. The molecule has 5 nitrogen and oxygen atoms in total. The van der Waals surface area contributed by atoms with E-state index in [1.807, 2.05) is 98.8 Å². The summed E-state index contributed by atoms with van der Waals surface area (Å²) in [5.41, 5.74) is 5.06. The minimum Gasteiger partial charge on any atom is -0.507 e. The first-order valence-corrected chi connectivity index (χ1v) is 14.0. The lowest BCUT2D eigenvalue weighted by molar-refractivity contribution is 0.112. The Kier molecular flexibility index (Phi) is 7.24. The van der Waals surface area contributed by atoms with Crippen molar-refractivity contribution in [3.63, 3.8) is 0 Å².